The van der Waals surface area contributed by atoms with E-state index in [2.05, 4.69) is 10.4 Å². The number of aromatic carboxylic acids is 1. The molecule has 0 bridgehead atoms. The van der Waals surface area contributed by atoms with Gasteiger partial charge in [0.05, 0.1) is 22.5 Å². The van der Waals surface area contributed by atoms with E-state index in [0.717, 1.165) is 30.5 Å². The summed E-state index contributed by atoms with van der Waals surface area (Å²) < 4.78 is 41.1. The summed E-state index contributed by atoms with van der Waals surface area (Å²) in [7, 11) is 0. The van der Waals surface area contributed by atoms with Crippen molar-refractivity contribution in [3.63, 3.8) is 0 Å². The topological polar surface area (TPSA) is 67.1 Å². The molecule has 150 valence electrons. The highest BCUT2D eigenvalue weighted by Crippen LogP contribution is 2.37. The van der Waals surface area contributed by atoms with Crippen LogP contribution in [0.15, 0.2) is 48.5 Å². The van der Waals surface area contributed by atoms with Gasteiger partial charge in [0.1, 0.15) is 5.82 Å². The first-order valence-corrected chi connectivity index (χ1v) is 9.22. The third-order valence-corrected chi connectivity index (χ3v) is 4.93. The van der Waals surface area contributed by atoms with E-state index in [0.29, 0.717) is 35.7 Å². The van der Waals surface area contributed by atoms with Gasteiger partial charge in [0, 0.05) is 17.7 Å². The molecule has 3 aromatic rings. The molecule has 0 amide bonds. The number of carboxylic acids is 1. The number of nitrogens with one attached hydrogen (secondary N) is 1. The zero-order valence-corrected chi connectivity index (χ0v) is 15.3. The Bertz CT molecular complexity index is 1070. The van der Waals surface area contributed by atoms with Crippen LogP contribution in [-0.4, -0.2) is 27.4 Å². The van der Waals surface area contributed by atoms with Gasteiger partial charge in [-0.1, -0.05) is 18.2 Å². The van der Waals surface area contributed by atoms with E-state index in [9.17, 15) is 23.1 Å². The Morgan fingerprint density at radius 1 is 1.10 bits per heavy atom. The summed E-state index contributed by atoms with van der Waals surface area (Å²) in [4.78, 5) is 11.3. The molecule has 0 unspecified atom stereocenters. The van der Waals surface area contributed by atoms with Crippen LogP contribution in [-0.2, 0) is 12.6 Å². The average molecular weight is 401 g/mol. The smallest absolute Gasteiger partial charge is 0.416 e. The fraction of sp³-hybridized carbons (Fsp3) is 0.238. The zero-order valence-electron chi connectivity index (χ0n) is 15.3. The molecule has 1 aromatic heterocycles. The largest absolute Gasteiger partial charge is 0.478 e. The summed E-state index contributed by atoms with van der Waals surface area (Å²) in [6.45, 7) is 0.708. The van der Waals surface area contributed by atoms with Gasteiger partial charge in [0.25, 0.3) is 0 Å². The third kappa shape index (κ3) is 3.70. The van der Waals surface area contributed by atoms with Crippen molar-refractivity contribution in [1.29, 1.82) is 0 Å². The standard InChI is InChI=1S/C21H18F3N3O2/c22-21(23,24)15-7-3-5-13(11-15)18-17-9-1-2-10-25-19(17)27(26-18)16-8-4-6-14(12-16)20(28)29/h3-8,11-12,25H,1-2,9-10H2,(H,28,29). The number of hydrogen-bond donors (Lipinski definition) is 2. The summed E-state index contributed by atoms with van der Waals surface area (Å²) in [5.74, 6) is -0.367. The molecule has 5 nitrogen and oxygen atoms in total. The molecule has 0 atom stereocenters. The Balaban J connectivity index is 1.89. The highest BCUT2D eigenvalue weighted by Gasteiger charge is 2.31. The number of aromatic nitrogens is 2. The quantitative estimate of drug-likeness (QED) is 0.648. The number of hydrogen-bond acceptors (Lipinski definition) is 3. The van der Waals surface area contributed by atoms with Crippen molar-refractivity contribution in [1.82, 2.24) is 9.78 Å². The van der Waals surface area contributed by atoms with E-state index >= 15 is 0 Å². The number of rotatable bonds is 3. The molecule has 1 aliphatic heterocycles. The van der Waals surface area contributed by atoms with Gasteiger partial charge in [0.15, 0.2) is 0 Å². The van der Waals surface area contributed by atoms with E-state index in [4.69, 9.17) is 0 Å². The lowest BCUT2D eigenvalue weighted by Crippen LogP contribution is -2.08. The summed E-state index contributed by atoms with van der Waals surface area (Å²) in [5.41, 5.74) is 1.61. The van der Waals surface area contributed by atoms with Crippen molar-refractivity contribution < 1.29 is 23.1 Å². The Labute approximate surface area is 164 Å². The molecule has 0 saturated heterocycles. The fourth-order valence-corrected chi connectivity index (χ4v) is 3.53. The molecular weight excluding hydrogens is 383 g/mol. The number of carboxylic acid groups (broad SMARTS) is 1. The van der Waals surface area contributed by atoms with Gasteiger partial charge in [-0.2, -0.15) is 18.3 Å². The molecule has 4 rings (SSSR count). The van der Waals surface area contributed by atoms with Gasteiger partial charge in [-0.25, -0.2) is 9.48 Å². The Morgan fingerprint density at radius 2 is 1.90 bits per heavy atom. The van der Waals surface area contributed by atoms with Crippen LogP contribution in [0.1, 0.15) is 34.3 Å². The second-order valence-electron chi connectivity index (χ2n) is 6.91. The Kier molecular flexibility index (Phi) is 4.77. The minimum atomic E-state index is -4.44. The van der Waals surface area contributed by atoms with Crippen molar-refractivity contribution in [2.75, 3.05) is 11.9 Å². The van der Waals surface area contributed by atoms with E-state index in [-0.39, 0.29) is 5.56 Å². The second-order valence-corrected chi connectivity index (χ2v) is 6.91. The molecule has 0 saturated carbocycles. The van der Waals surface area contributed by atoms with Gasteiger partial charge in [-0.05, 0) is 49.6 Å². The molecule has 2 aromatic carbocycles. The van der Waals surface area contributed by atoms with Crippen LogP contribution in [0.2, 0.25) is 0 Å². The normalized spacial score (nSPS) is 14.0. The number of carbonyl (C=O) groups is 1. The molecular formula is C21H18F3N3O2. The first-order chi connectivity index (χ1) is 13.8. The monoisotopic (exact) mass is 401 g/mol. The summed E-state index contributed by atoms with van der Waals surface area (Å²) >= 11 is 0. The van der Waals surface area contributed by atoms with Gasteiger partial charge in [-0.3, -0.25) is 0 Å². The van der Waals surface area contributed by atoms with Gasteiger partial charge in [-0.15, -0.1) is 0 Å². The molecule has 29 heavy (non-hydrogen) atoms. The molecule has 8 heteroatoms. The second kappa shape index (κ2) is 7.27. The highest BCUT2D eigenvalue weighted by atomic mass is 19.4. The van der Waals surface area contributed by atoms with E-state index in [1.165, 1.54) is 18.2 Å². The molecule has 0 aliphatic carbocycles. The number of nitrogens with zero attached hydrogens (tertiary/aromatic N) is 2. The Morgan fingerprint density at radius 3 is 2.66 bits per heavy atom. The van der Waals surface area contributed by atoms with Crippen LogP contribution in [0.25, 0.3) is 16.9 Å². The van der Waals surface area contributed by atoms with Gasteiger partial charge < -0.3 is 10.4 Å². The van der Waals surface area contributed by atoms with Crippen molar-refractivity contribution in [2.45, 2.75) is 25.4 Å². The summed E-state index contributed by atoms with van der Waals surface area (Å²) in [6.07, 6.45) is -1.96. The molecule has 0 radical (unpaired) electrons. The zero-order chi connectivity index (χ0) is 20.6. The highest BCUT2D eigenvalue weighted by molar-refractivity contribution is 5.88. The number of halogens is 3. The van der Waals surface area contributed by atoms with Crippen LogP contribution in [0.4, 0.5) is 19.0 Å². The molecule has 2 N–H and O–H groups in total. The van der Waals surface area contributed by atoms with E-state index in [1.54, 1.807) is 22.9 Å². The predicted molar refractivity (Wildman–Crippen MR) is 102 cm³/mol. The molecule has 0 spiro atoms. The number of alkyl halides is 3. The SMILES string of the molecule is O=C(O)c1cccc(-n2nc(-c3cccc(C(F)(F)F)c3)c3c2NCCCC3)c1. The van der Waals surface area contributed by atoms with Crippen LogP contribution < -0.4 is 5.32 Å². The van der Waals surface area contributed by atoms with E-state index in [1.807, 2.05) is 0 Å². The van der Waals surface area contributed by atoms with Crippen molar-refractivity contribution in [3.8, 4) is 16.9 Å². The van der Waals surface area contributed by atoms with Crippen LogP contribution in [0.5, 0.6) is 0 Å². The number of fused-ring (bicyclic) bond motifs is 1. The lowest BCUT2D eigenvalue weighted by atomic mass is 10.0. The lowest BCUT2D eigenvalue weighted by molar-refractivity contribution is -0.137. The molecule has 0 fully saturated rings. The maximum atomic E-state index is 13.2. The first-order valence-electron chi connectivity index (χ1n) is 9.22. The van der Waals surface area contributed by atoms with Crippen LogP contribution >= 0.6 is 0 Å². The third-order valence-electron chi connectivity index (χ3n) is 4.93. The minimum Gasteiger partial charge on any atom is -0.478 e. The van der Waals surface area contributed by atoms with Crippen molar-refractivity contribution in [2.24, 2.45) is 0 Å². The predicted octanol–water partition coefficient (Wildman–Crippen LogP) is 5.00. The number of benzene rings is 2. The van der Waals surface area contributed by atoms with Crippen LogP contribution in [0, 0.1) is 0 Å². The fourth-order valence-electron chi connectivity index (χ4n) is 3.53. The number of anilines is 1. The van der Waals surface area contributed by atoms with E-state index < -0.39 is 17.7 Å². The summed E-state index contributed by atoms with van der Waals surface area (Å²) in [5, 5.41) is 17.2. The molecule has 1 aliphatic rings. The Hall–Kier alpha value is -3.29. The molecule has 2 heterocycles. The summed E-state index contributed by atoms with van der Waals surface area (Å²) in [6, 6.07) is 11.4. The van der Waals surface area contributed by atoms with Crippen molar-refractivity contribution in [3.05, 3.63) is 65.2 Å². The van der Waals surface area contributed by atoms with Crippen LogP contribution in [0.3, 0.4) is 0 Å². The van der Waals surface area contributed by atoms with Gasteiger partial charge in [0.2, 0.25) is 0 Å². The average Bonchev–Trinajstić information content (AvgIpc) is 2.88. The maximum Gasteiger partial charge on any atom is 0.416 e. The van der Waals surface area contributed by atoms with Crippen molar-refractivity contribution >= 4 is 11.8 Å². The maximum absolute atomic E-state index is 13.2. The lowest BCUT2D eigenvalue weighted by Gasteiger charge is -2.09. The minimum absolute atomic E-state index is 0.112. The first kappa shape index (κ1) is 19.0. The van der Waals surface area contributed by atoms with Gasteiger partial charge >= 0.3 is 12.1 Å².